The number of hydrogen-bond donors (Lipinski definition) is 0. The third-order valence-electron chi connectivity index (χ3n) is 1.97. The van der Waals surface area contributed by atoms with Gasteiger partial charge in [-0.2, -0.15) is 0 Å². The Bertz CT molecular complexity index is 312. The molecule has 0 N–H and O–H groups in total. The lowest BCUT2D eigenvalue weighted by Crippen LogP contribution is -1.72. The smallest absolute Gasteiger partial charge is 0.0307 e. The normalized spacial score (nSPS) is 9.08. The van der Waals surface area contributed by atoms with Crippen LogP contribution in [0.4, 0.5) is 0 Å². The average Bonchev–Trinajstić information content (AvgIpc) is 2.15. The van der Waals surface area contributed by atoms with Crippen molar-refractivity contribution in [3.63, 3.8) is 0 Å². The second-order valence-corrected chi connectivity index (χ2v) is 3.11. The molecule has 0 heteroatoms. The maximum Gasteiger partial charge on any atom is -0.0307 e. The minimum atomic E-state index is 1.08. The van der Waals surface area contributed by atoms with Gasteiger partial charge in [0.2, 0.25) is 0 Å². The largest absolute Gasteiger partial charge is 0.0622 e. The minimum Gasteiger partial charge on any atom is -0.0622 e. The van der Waals surface area contributed by atoms with Crippen molar-refractivity contribution in [2.75, 3.05) is 0 Å². The summed E-state index contributed by atoms with van der Waals surface area (Å²) in [5.74, 6) is 0. The summed E-state index contributed by atoms with van der Waals surface area (Å²) in [5.41, 5.74) is 2.63. The summed E-state index contributed by atoms with van der Waals surface area (Å²) in [6.45, 7) is 4.27. The van der Waals surface area contributed by atoms with Crippen molar-refractivity contribution >= 4 is 0 Å². The van der Waals surface area contributed by atoms with Gasteiger partial charge in [0, 0.05) is 0 Å². The molecule has 0 aliphatic rings. The summed E-state index contributed by atoms with van der Waals surface area (Å²) in [7, 11) is 0. The molecule has 0 fully saturated rings. The fourth-order valence-electron chi connectivity index (χ4n) is 1.12. The van der Waals surface area contributed by atoms with Crippen molar-refractivity contribution in [1.82, 2.24) is 0 Å². The van der Waals surface area contributed by atoms with Crippen LogP contribution in [0.15, 0.2) is 48.5 Å². The molecule has 0 radical (unpaired) electrons. The Morgan fingerprint density at radius 1 is 0.846 bits per heavy atom. The van der Waals surface area contributed by atoms with Gasteiger partial charge in [-0.25, -0.2) is 0 Å². The molecule has 1 aromatic carbocycles. The molecule has 0 amide bonds. The molecule has 0 atom stereocenters. The highest BCUT2D eigenvalue weighted by Crippen LogP contribution is 1.97. The predicted octanol–water partition coefficient (Wildman–Crippen LogP) is 3.68. The van der Waals surface area contributed by atoms with E-state index in [0.717, 1.165) is 6.42 Å². The molecule has 0 aliphatic carbocycles. The molecule has 1 rings (SSSR count). The molecule has 1 aromatic rings. The third-order valence-corrected chi connectivity index (χ3v) is 1.97. The van der Waals surface area contributed by atoms with Gasteiger partial charge >= 0.3 is 0 Å². The first-order valence-corrected chi connectivity index (χ1v) is 4.72. The first-order valence-electron chi connectivity index (χ1n) is 4.72. The first kappa shape index (κ1) is 9.79. The maximum absolute atomic E-state index is 2.17. The molecule has 0 aliphatic heterocycles. The van der Waals surface area contributed by atoms with Crippen LogP contribution in [0.2, 0.25) is 0 Å². The second kappa shape index (κ2) is 5.36. The second-order valence-electron chi connectivity index (χ2n) is 3.11. The lowest BCUT2D eigenvalue weighted by atomic mass is 10.2. The predicted molar refractivity (Wildman–Crippen MR) is 58.2 cm³/mol. The SMILES string of the molecule is CCc1cccccc(C)ccc1. The molecule has 0 nitrogen and oxygen atoms in total. The molecule has 68 valence electrons. The van der Waals surface area contributed by atoms with E-state index in [2.05, 4.69) is 62.4 Å². The number of rotatable bonds is 1. The quantitative estimate of drug-likeness (QED) is 0.606. The van der Waals surface area contributed by atoms with Gasteiger partial charge in [-0.3, -0.25) is 0 Å². The van der Waals surface area contributed by atoms with E-state index in [-0.39, 0.29) is 0 Å². The highest BCUT2D eigenvalue weighted by Gasteiger charge is 1.79. The molecular weight excluding hydrogens is 156 g/mol. The zero-order valence-electron chi connectivity index (χ0n) is 8.33. The van der Waals surface area contributed by atoms with E-state index >= 15 is 0 Å². The molecule has 0 spiro atoms. The maximum atomic E-state index is 2.17. The van der Waals surface area contributed by atoms with Gasteiger partial charge in [0.1, 0.15) is 0 Å². The van der Waals surface area contributed by atoms with Gasteiger partial charge in [0.15, 0.2) is 0 Å². The Morgan fingerprint density at radius 2 is 1.46 bits per heavy atom. The van der Waals surface area contributed by atoms with Crippen molar-refractivity contribution in [2.45, 2.75) is 20.3 Å². The molecule has 0 aromatic heterocycles. The van der Waals surface area contributed by atoms with Crippen molar-refractivity contribution < 1.29 is 0 Å². The van der Waals surface area contributed by atoms with E-state index in [1.54, 1.807) is 0 Å². The summed E-state index contributed by atoms with van der Waals surface area (Å²) in [5, 5.41) is 0. The van der Waals surface area contributed by atoms with Gasteiger partial charge in [0.25, 0.3) is 0 Å². The van der Waals surface area contributed by atoms with E-state index in [0.29, 0.717) is 0 Å². The minimum absolute atomic E-state index is 1.08. The first-order chi connectivity index (χ1) is 6.33. The zero-order chi connectivity index (χ0) is 9.52. The van der Waals surface area contributed by atoms with Crippen molar-refractivity contribution in [3.05, 3.63) is 59.7 Å². The Labute approximate surface area is 80.6 Å². The van der Waals surface area contributed by atoms with Gasteiger partial charge in [-0.1, -0.05) is 61.0 Å². The summed E-state index contributed by atoms with van der Waals surface area (Å²) in [6.07, 6.45) is 1.08. The third kappa shape index (κ3) is 3.75. The Kier molecular flexibility index (Phi) is 4.04. The Balaban J connectivity index is 3.16. The van der Waals surface area contributed by atoms with Crippen LogP contribution in [0.5, 0.6) is 0 Å². The van der Waals surface area contributed by atoms with E-state index in [9.17, 15) is 0 Å². The van der Waals surface area contributed by atoms with E-state index in [1.807, 2.05) is 0 Å². The lowest BCUT2D eigenvalue weighted by molar-refractivity contribution is 1.14. The summed E-state index contributed by atoms with van der Waals surface area (Å²) < 4.78 is 0. The number of hydrogen-bond acceptors (Lipinski definition) is 0. The summed E-state index contributed by atoms with van der Waals surface area (Å²) in [4.78, 5) is 0. The summed E-state index contributed by atoms with van der Waals surface area (Å²) in [6, 6.07) is 16.8. The number of aryl methyl sites for hydroxylation is 2. The van der Waals surface area contributed by atoms with Crippen LogP contribution >= 0.6 is 0 Å². The lowest BCUT2D eigenvalue weighted by Gasteiger charge is -1.89. The van der Waals surface area contributed by atoms with Crippen LogP contribution in [0.1, 0.15) is 18.1 Å². The molecule has 0 heterocycles. The van der Waals surface area contributed by atoms with Gasteiger partial charge in [-0.15, -0.1) is 0 Å². The molecule has 0 saturated carbocycles. The van der Waals surface area contributed by atoms with E-state index in [1.165, 1.54) is 11.1 Å². The van der Waals surface area contributed by atoms with Crippen LogP contribution < -0.4 is 0 Å². The van der Waals surface area contributed by atoms with Gasteiger partial charge in [-0.05, 0) is 18.9 Å². The van der Waals surface area contributed by atoms with Crippen molar-refractivity contribution in [1.29, 1.82) is 0 Å². The molecule has 0 saturated heterocycles. The topological polar surface area (TPSA) is 0 Å². The van der Waals surface area contributed by atoms with Gasteiger partial charge in [0.05, 0.1) is 0 Å². The van der Waals surface area contributed by atoms with Crippen LogP contribution in [0, 0.1) is 6.92 Å². The Morgan fingerprint density at radius 3 is 2.23 bits per heavy atom. The highest BCUT2D eigenvalue weighted by molar-refractivity contribution is 5.15. The van der Waals surface area contributed by atoms with Crippen LogP contribution in [-0.2, 0) is 6.42 Å². The fraction of sp³-hybridized carbons (Fsp3) is 0.231. The highest BCUT2D eigenvalue weighted by atomic mass is 13.9. The standard InChI is InChI=1S/C13H16/c1-3-13-10-6-4-5-8-12(2)9-7-11-13/h4-11H,3H2,1-2H3. The van der Waals surface area contributed by atoms with Crippen LogP contribution in [0.3, 0.4) is 0 Å². The molecule has 0 bridgehead atoms. The monoisotopic (exact) mass is 172 g/mol. The zero-order valence-corrected chi connectivity index (χ0v) is 8.33. The molecule has 0 unspecified atom stereocenters. The van der Waals surface area contributed by atoms with Crippen LogP contribution in [-0.4, -0.2) is 0 Å². The van der Waals surface area contributed by atoms with E-state index in [4.69, 9.17) is 0 Å². The van der Waals surface area contributed by atoms with Crippen LogP contribution in [0.25, 0.3) is 0 Å². The van der Waals surface area contributed by atoms with E-state index < -0.39 is 0 Å². The van der Waals surface area contributed by atoms with Crippen molar-refractivity contribution in [2.24, 2.45) is 0 Å². The van der Waals surface area contributed by atoms with Gasteiger partial charge < -0.3 is 0 Å². The fourth-order valence-corrected chi connectivity index (χ4v) is 1.12. The molecule has 13 heavy (non-hydrogen) atoms. The Hall–Kier alpha value is -1.30. The molecular formula is C13H16. The average molecular weight is 172 g/mol. The van der Waals surface area contributed by atoms with Crippen molar-refractivity contribution in [3.8, 4) is 0 Å². The summed E-state index contributed by atoms with van der Waals surface area (Å²) >= 11 is 0.